The van der Waals surface area contributed by atoms with Crippen LogP contribution in [0.4, 0.5) is 5.13 Å². The van der Waals surface area contributed by atoms with Gasteiger partial charge in [-0.2, -0.15) is 0 Å². The number of benzene rings is 2. The van der Waals surface area contributed by atoms with Crippen molar-refractivity contribution in [2.75, 3.05) is 0 Å². The SMILES string of the molecule is Oc1ccc(/C=N/c2nc(-c3ccccc3)cs2)c(O)c1. The Morgan fingerprint density at radius 3 is 2.62 bits per heavy atom. The summed E-state index contributed by atoms with van der Waals surface area (Å²) in [6.07, 6.45) is 1.53. The molecule has 0 fully saturated rings. The number of aromatic nitrogens is 1. The Hall–Kier alpha value is -2.66. The third kappa shape index (κ3) is 3.09. The van der Waals surface area contributed by atoms with E-state index in [1.54, 1.807) is 6.07 Å². The van der Waals surface area contributed by atoms with Gasteiger partial charge in [0.1, 0.15) is 11.5 Å². The molecule has 1 aromatic heterocycles. The van der Waals surface area contributed by atoms with E-state index in [0.29, 0.717) is 10.7 Å². The van der Waals surface area contributed by atoms with Crippen LogP contribution in [-0.2, 0) is 0 Å². The quantitative estimate of drug-likeness (QED) is 0.719. The number of thiazole rings is 1. The van der Waals surface area contributed by atoms with Crippen molar-refractivity contribution in [2.24, 2.45) is 4.99 Å². The number of phenols is 2. The highest BCUT2D eigenvalue weighted by molar-refractivity contribution is 7.13. The highest BCUT2D eigenvalue weighted by Gasteiger charge is 2.03. The Kier molecular flexibility index (Phi) is 3.66. The van der Waals surface area contributed by atoms with Gasteiger partial charge in [-0.05, 0) is 12.1 Å². The van der Waals surface area contributed by atoms with Crippen LogP contribution in [0.1, 0.15) is 5.56 Å². The van der Waals surface area contributed by atoms with Crippen molar-refractivity contribution in [3.05, 3.63) is 59.5 Å². The summed E-state index contributed by atoms with van der Waals surface area (Å²) in [5, 5.41) is 21.5. The van der Waals surface area contributed by atoms with Crippen molar-refractivity contribution in [3.63, 3.8) is 0 Å². The van der Waals surface area contributed by atoms with E-state index >= 15 is 0 Å². The minimum absolute atomic E-state index is 0.0152. The van der Waals surface area contributed by atoms with Gasteiger partial charge in [0.05, 0.1) is 5.69 Å². The zero-order chi connectivity index (χ0) is 14.7. The monoisotopic (exact) mass is 296 g/mol. The molecule has 4 nitrogen and oxygen atoms in total. The molecular formula is C16H12N2O2S. The summed E-state index contributed by atoms with van der Waals surface area (Å²) in [6, 6.07) is 14.3. The minimum Gasteiger partial charge on any atom is -0.508 e. The maximum absolute atomic E-state index is 9.68. The molecule has 0 amide bonds. The molecule has 0 aliphatic heterocycles. The fourth-order valence-corrected chi connectivity index (χ4v) is 2.50. The molecule has 3 aromatic rings. The van der Waals surface area contributed by atoms with Crippen molar-refractivity contribution >= 4 is 22.7 Å². The van der Waals surface area contributed by atoms with Crippen LogP contribution in [0.3, 0.4) is 0 Å². The van der Waals surface area contributed by atoms with E-state index < -0.39 is 0 Å². The van der Waals surface area contributed by atoms with Crippen LogP contribution in [-0.4, -0.2) is 21.4 Å². The molecule has 5 heteroatoms. The largest absolute Gasteiger partial charge is 0.508 e. The van der Waals surface area contributed by atoms with Crippen LogP contribution in [0.15, 0.2) is 58.9 Å². The maximum Gasteiger partial charge on any atom is 0.209 e. The fourth-order valence-electron chi connectivity index (χ4n) is 1.83. The van der Waals surface area contributed by atoms with Crippen molar-refractivity contribution < 1.29 is 10.2 Å². The molecule has 0 atom stereocenters. The van der Waals surface area contributed by atoms with Gasteiger partial charge in [-0.1, -0.05) is 30.3 Å². The van der Waals surface area contributed by atoms with E-state index in [-0.39, 0.29) is 11.5 Å². The lowest BCUT2D eigenvalue weighted by atomic mass is 10.2. The Morgan fingerprint density at radius 1 is 1.05 bits per heavy atom. The first-order chi connectivity index (χ1) is 10.2. The average molecular weight is 296 g/mol. The van der Waals surface area contributed by atoms with E-state index in [0.717, 1.165) is 11.3 Å². The molecule has 3 rings (SSSR count). The van der Waals surface area contributed by atoms with Crippen molar-refractivity contribution in [1.29, 1.82) is 0 Å². The molecule has 0 spiro atoms. The van der Waals surface area contributed by atoms with Crippen molar-refractivity contribution in [1.82, 2.24) is 4.98 Å². The summed E-state index contributed by atoms with van der Waals surface area (Å²) in [6.45, 7) is 0. The molecule has 2 aromatic carbocycles. The van der Waals surface area contributed by atoms with Crippen LogP contribution in [0.25, 0.3) is 11.3 Å². The van der Waals surface area contributed by atoms with E-state index in [1.165, 1.54) is 29.7 Å². The van der Waals surface area contributed by atoms with Crippen molar-refractivity contribution in [3.8, 4) is 22.8 Å². The number of hydrogen-bond donors (Lipinski definition) is 2. The zero-order valence-corrected chi connectivity index (χ0v) is 11.8. The molecule has 0 bridgehead atoms. The summed E-state index contributed by atoms with van der Waals surface area (Å²) in [5.41, 5.74) is 2.45. The van der Waals surface area contributed by atoms with Gasteiger partial charge >= 0.3 is 0 Å². The molecule has 0 aliphatic carbocycles. The molecule has 0 unspecified atom stereocenters. The molecule has 21 heavy (non-hydrogen) atoms. The second-order valence-electron chi connectivity index (χ2n) is 4.38. The summed E-state index contributed by atoms with van der Waals surface area (Å²) in [4.78, 5) is 8.69. The predicted molar refractivity (Wildman–Crippen MR) is 84.6 cm³/mol. The predicted octanol–water partition coefficient (Wildman–Crippen LogP) is 3.97. The molecule has 0 radical (unpaired) electrons. The minimum atomic E-state index is -0.0152. The van der Waals surface area contributed by atoms with Crippen LogP contribution in [0.5, 0.6) is 11.5 Å². The third-order valence-corrected chi connectivity index (χ3v) is 3.64. The first kappa shape index (κ1) is 13.3. The normalized spacial score (nSPS) is 11.0. The van der Waals surface area contributed by atoms with Crippen LogP contribution < -0.4 is 0 Å². The van der Waals surface area contributed by atoms with Crippen LogP contribution in [0.2, 0.25) is 0 Å². The summed E-state index contributed by atoms with van der Waals surface area (Å²) in [5.74, 6) is 0.00357. The van der Waals surface area contributed by atoms with Crippen molar-refractivity contribution in [2.45, 2.75) is 0 Å². The van der Waals surface area contributed by atoms with Crippen LogP contribution in [0, 0.1) is 0 Å². The zero-order valence-electron chi connectivity index (χ0n) is 11.0. The number of phenolic OH excluding ortho intramolecular Hbond substituents is 2. The molecule has 2 N–H and O–H groups in total. The fraction of sp³-hybridized carbons (Fsp3) is 0. The molecule has 0 saturated heterocycles. The Labute approximate surface area is 125 Å². The number of nitrogens with zero attached hydrogens (tertiary/aromatic N) is 2. The lowest BCUT2D eigenvalue weighted by Gasteiger charge is -1.98. The van der Waals surface area contributed by atoms with Gasteiger partial charge < -0.3 is 10.2 Å². The van der Waals surface area contributed by atoms with E-state index in [1.807, 2.05) is 35.7 Å². The van der Waals surface area contributed by atoms with Gasteiger partial charge in [0.25, 0.3) is 0 Å². The smallest absolute Gasteiger partial charge is 0.209 e. The van der Waals surface area contributed by atoms with Gasteiger partial charge in [0.2, 0.25) is 5.13 Å². The number of aliphatic imine (C=N–C) groups is 1. The number of rotatable bonds is 3. The Bertz CT molecular complexity index is 782. The molecule has 0 aliphatic rings. The standard InChI is InChI=1S/C16H12N2O2S/c19-13-7-6-12(15(20)8-13)9-17-16-18-14(10-21-16)11-4-2-1-3-5-11/h1-10,19-20H/b17-9+. The summed E-state index contributed by atoms with van der Waals surface area (Å²) < 4.78 is 0. The first-order valence-electron chi connectivity index (χ1n) is 6.29. The summed E-state index contributed by atoms with van der Waals surface area (Å²) in [7, 11) is 0. The molecular weight excluding hydrogens is 284 g/mol. The number of aromatic hydroxyl groups is 2. The van der Waals surface area contributed by atoms with Crippen LogP contribution >= 0.6 is 11.3 Å². The van der Waals surface area contributed by atoms with Gasteiger partial charge in [0.15, 0.2) is 0 Å². The Morgan fingerprint density at radius 2 is 1.86 bits per heavy atom. The second kappa shape index (κ2) is 5.76. The average Bonchev–Trinajstić information content (AvgIpc) is 2.96. The highest BCUT2D eigenvalue weighted by atomic mass is 32.1. The summed E-state index contributed by atoms with van der Waals surface area (Å²) >= 11 is 1.43. The van der Waals surface area contributed by atoms with Gasteiger partial charge in [-0.3, -0.25) is 0 Å². The second-order valence-corrected chi connectivity index (χ2v) is 5.22. The van der Waals surface area contributed by atoms with E-state index in [4.69, 9.17) is 0 Å². The topological polar surface area (TPSA) is 65.7 Å². The molecule has 1 heterocycles. The van der Waals surface area contributed by atoms with Gasteiger partial charge in [-0.15, -0.1) is 11.3 Å². The lowest BCUT2D eigenvalue weighted by Crippen LogP contribution is -1.81. The third-order valence-electron chi connectivity index (χ3n) is 2.89. The lowest BCUT2D eigenvalue weighted by molar-refractivity contribution is 0.450. The van der Waals surface area contributed by atoms with E-state index in [2.05, 4.69) is 9.98 Å². The molecule has 0 saturated carbocycles. The van der Waals surface area contributed by atoms with Gasteiger partial charge in [0, 0.05) is 28.8 Å². The van der Waals surface area contributed by atoms with E-state index in [9.17, 15) is 10.2 Å². The highest BCUT2D eigenvalue weighted by Crippen LogP contribution is 2.27. The maximum atomic E-state index is 9.68. The Balaban J connectivity index is 1.83. The molecule has 104 valence electrons. The number of hydrogen-bond acceptors (Lipinski definition) is 5. The first-order valence-corrected chi connectivity index (χ1v) is 7.17. The van der Waals surface area contributed by atoms with Gasteiger partial charge in [-0.25, -0.2) is 9.98 Å².